The molecule has 0 saturated carbocycles. The van der Waals surface area contributed by atoms with Gasteiger partial charge in [-0.3, -0.25) is 4.79 Å². The Morgan fingerprint density at radius 3 is 1.81 bits per heavy atom. The molecule has 1 saturated heterocycles. The molecule has 1 amide bonds. The Balaban J connectivity index is 1.62. The summed E-state index contributed by atoms with van der Waals surface area (Å²) in [6.07, 6.45) is 0.919. The Hall–Kier alpha value is -3.74. The highest BCUT2D eigenvalue weighted by Gasteiger charge is 2.33. The van der Waals surface area contributed by atoms with E-state index in [1.807, 2.05) is 62.4 Å². The number of likely N-dealkylation sites (tertiary alicyclic amines) is 1. The fourth-order valence-corrected chi connectivity index (χ4v) is 3.30. The maximum atomic E-state index is 12.5. The number of carbonyl (C=O) groups is 1. The second-order valence-electron chi connectivity index (χ2n) is 7.72. The lowest BCUT2D eigenvalue weighted by Crippen LogP contribution is -2.23. The van der Waals surface area contributed by atoms with E-state index < -0.39 is 0 Å². The third-order valence-electron chi connectivity index (χ3n) is 5.17. The van der Waals surface area contributed by atoms with Gasteiger partial charge in [-0.15, -0.1) is 4.98 Å². The zero-order valence-electron chi connectivity index (χ0n) is 17.8. The van der Waals surface area contributed by atoms with E-state index in [-0.39, 0.29) is 23.8 Å². The first kappa shape index (κ1) is 20.5. The summed E-state index contributed by atoms with van der Waals surface area (Å²) in [4.78, 5) is 27.2. The molecule has 1 unspecified atom stereocenters. The number of hydrogen-bond acceptors (Lipinski definition) is 6. The number of allylic oxidation sites excluding steroid dienone is 1. The van der Waals surface area contributed by atoms with Gasteiger partial charge in [0.2, 0.25) is 5.91 Å². The second-order valence-corrected chi connectivity index (χ2v) is 7.72. The van der Waals surface area contributed by atoms with Crippen LogP contribution in [0.25, 0.3) is 0 Å². The van der Waals surface area contributed by atoms with E-state index in [0.29, 0.717) is 30.2 Å². The number of hydrogen-bond donors (Lipinski definition) is 0. The number of rotatable bonds is 6. The Labute approximate surface area is 181 Å². The lowest BCUT2D eigenvalue weighted by molar-refractivity contribution is -0.129. The Morgan fingerprint density at radius 2 is 1.39 bits per heavy atom. The normalized spacial score (nSPS) is 16.0. The van der Waals surface area contributed by atoms with E-state index in [1.165, 1.54) is 0 Å². The first-order chi connectivity index (χ1) is 14.9. The number of carbonyl (C=O) groups excluding carboxylic acids is 1. The van der Waals surface area contributed by atoms with Crippen molar-refractivity contribution in [1.82, 2.24) is 19.9 Å². The van der Waals surface area contributed by atoms with Crippen molar-refractivity contribution in [3.05, 3.63) is 77.8 Å². The van der Waals surface area contributed by atoms with E-state index in [2.05, 4.69) is 21.5 Å². The highest BCUT2D eigenvalue weighted by atomic mass is 16.5. The number of nitrogens with zero attached hydrogens (tertiary/aromatic N) is 4. The molecule has 3 aromatic rings. The topological polar surface area (TPSA) is 77.4 Å². The van der Waals surface area contributed by atoms with Crippen LogP contribution in [0.4, 0.5) is 0 Å². The quantitative estimate of drug-likeness (QED) is 0.584. The molecule has 2 aromatic carbocycles. The van der Waals surface area contributed by atoms with Crippen molar-refractivity contribution in [2.45, 2.75) is 26.7 Å². The van der Waals surface area contributed by atoms with Crippen LogP contribution in [0, 0.1) is 19.8 Å². The van der Waals surface area contributed by atoms with Gasteiger partial charge in [-0.25, -0.2) is 0 Å². The molecule has 1 aliphatic heterocycles. The third-order valence-corrected chi connectivity index (χ3v) is 5.17. The van der Waals surface area contributed by atoms with Crippen molar-refractivity contribution in [1.29, 1.82) is 0 Å². The zero-order chi connectivity index (χ0) is 22.0. The van der Waals surface area contributed by atoms with Crippen molar-refractivity contribution < 1.29 is 14.3 Å². The summed E-state index contributed by atoms with van der Waals surface area (Å²) in [6.45, 7) is 7.94. The van der Waals surface area contributed by atoms with Crippen LogP contribution in [0.15, 0.2) is 60.8 Å². The van der Waals surface area contributed by atoms with Crippen LogP contribution in [0.2, 0.25) is 0 Å². The molecule has 1 aliphatic rings. The van der Waals surface area contributed by atoms with Crippen molar-refractivity contribution in [3.8, 4) is 23.5 Å². The van der Waals surface area contributed by atoms with Gasteiger partial charge in [-0.2, -0.15) is 9.97 Å². The summed E-state index contributed by atoms with van der Waals surface area (Å²) in [5.41, 5.74) is 3.03. The monoisotopic (exact) mass is 416 g/mol. The first-order valence-electron chi connectivity index (χ1n) is 10.1. The van der Waals surface area contributed by atoms with Crippen molar-refractivity contribution in [2.24, 2.45) is 5.92 Å². The predicted molar refractivity (Wildman–Crippen MR) is 116 cm³/mol. The molecular formula is C24H24N4O3. The molecule has 1 atom stereocenters. The Bertz CT molecular complexity index is 1040. The summed E-state index contributed by atoms with van der Waals surface area (Å²) in [7, 11) is 1.73. The average Bonchev–Trinajstić information content (AvgIpc) is 2.98. The van der Waals surface area contributed by atoms with Crippen LogP contribution in [0.1, 0.15) is 23.4 Å². The fourth-order valence-electron chi connectivity index (χ4n) is 3.30. The smallest absolute Gasteiger partial charge is 0.328 e. The zero-order valence-corrected chi connectivity index (χ0v) is 17.8. The van der Waals surface area contributed by atoms with E-state index >= 15 is 0 Å². The van der Waals surface area contributed by atoms with Crippen LogP contribution in [-0.4, -0.2) is 32.8 Å². The number of benzene rings is 2. The Kier molecular flexibility index (Phi) is 5.66. The minimum absolute atomic E-state index is 0.00687. The van der Waals surface area contributed by atoms with Crippen molar-refractivity contribution in [2.75, 3.05) is 7.05 Å². The molecule has 2 heterocycles. The molecule has 158 valence electrons. The fraction of sp³-hybridized carbons (Fsp3) is 0.250. The third kappa shape index (κ3) is 4.88. The molecule has 31 heavy (non-hydrogen) atoms. The highest BCUT2D eigenvalue weighted by molar-refractivity contribution is 5.83. The first-order valence-corrected chi connectivity index (χ1v) is 10.1. The standard InChI is InChI=1S/C24H24N4O3/c1-15-5-9-19(10-6-15)30-23-25-21(14-18-13-17(3)28(4)22(18)29)26-24(27-23)31-20-11-7-16(2)8-12-20/h5-12,18H,3,13-14H2,1-2,4H3. The van der Waals surface area contributed by atoms with Gasteiger partial charge < -0.3 is 14.4 Å². The molecule has 0 spiro atoms. The van der Waals surface area contributed by atoms with Gasteiger partial charge in [0.05, 0.1) is 5.92 Å². The highest BCUT2D eigenvalue weighted by Crippen LogP contribution is 2.29. The van der Waals surface area contributed by atoms with Gasteiger partial charge >= 0.3 is 12.0 Å². The largest absolute Gasteiger partial charge is 0.424 e. The molecule has 0 bridgehead atoms. The molecular weight excluding hydrogens is 392 g/mol. The SMILES string of the molecule is C=C1CC(Cc2nc(Oc3ccc(C)cc3)nc(Oc3ccc(C)cc3)n2)C(=O)N1C. The van der Waals surface area contributed by atoms with E-state index in [9.17, 15) is 4.79 Å². The summed E-state index contributed by atoms with van der Waals surface area (Å²) >= 11 is 0. The van der Waals surface area contributed by atoms with Crippen molar-refractivity contribution >= 4 is 5.91 Å². The Morgan fingerprint density at radius 1 is 0.903 bits per heavy atom. The molecule has 4 rings (SSSR count). The molecule has 1 aromatic heterocycles. The minimum Gasteiger partial charge on any atom is -0.424 e. The number of ether oxygens (including phenoxy) is 2. The lowest BCUT2D eigenvalue weighted by atomic mass is 10.0. The van der Waals surface area contributed by atoms with E-state index in [0.717, 1.165) is 16.8 Å². The lowest BCUT2D eigenvalue weighted by Gasteiger charge is -2.12. The second kappa shape index (κ2) is 8.55. The maximum absolute atomic E-state index is 12.5. The molecule has 7 heteroatoms. The van der Waals surface area contributed by atoms with Crippen LogP contribution in [0.5, 0.6) is 23.5 Å². The van der Waals surface area contributed by atoms with Crippen LogP contribution < -0.4 is 9.47 Å². The number of aromatic nitrogens is 3. The van der Waals surface area contributed by atoms with Gasteiger partial charge in [0.25, 0.3) is 0 Å². The van der Waals surface area contributed by atoms with Gasteiger partial charge in [-0.05, 0) is 44.5 Å². The maximum Gasteiger partial charge on any atom is 0.328 e. The molecule has 0 N–H and O–H groups in total. The van der Waals surface area contributed by atoms with E-state index in [1.54, 1.807) is 11.9 Å². The molecule has 0 aliphatic carbocycles. The van der Waals surface area contributed by atoms with Crippen molar-refractivity contribution in [3.63, 3.8) is 0 Å². The molecule has 0 radical (unpaired) electrons. The van der Waals surface area contributed by atoms with Gasteiger partial charge in [-0.1, -0.05) is 42.0 Å². The number of aryl methyl sites for hydroxylation is 2. The van der Waals surface area contributed by atoms with E-state index in [4.69, 9.17) is 9.47 Å². The van der Waals surface area contributed by atoms with Crippen LogP contribution in [-0.2, 0) is 11.2 Å². The predicted octanol–water partition coefficient (Wildman–Crippen LogP) is 4.61. The van der Waals surface area contributed by atoms with Gasteiger partial charge in [0, 0.05) is 19.2 Å². The summed E-state index contributed by atoms with van der Waals surface area (Å²) in [5, 5.41) is 0. The minimum atomic E-state index is -0.264. The molecule has 1 fully saturated rings. The van der Waals surface area contributed by atoms with Gasteiger partial charge in [0.1, 0.15) is 17.3 Å². The summed E-state index contributed by atoms with van der Waals surface area (Å²) in [5.74, 6) is 1.38. The summed E-state index contributed by atoms with van der Waals surface area (Å²) < 4.78 is 11.7. The molecule has 7 nitrogen and oxygen atoms in total. The van der Waals surface area contributed by atoms with Crippen LogP contribution >= 0.6 is 0 Å². The number of amides is 1. The average molecular weight is 416 g/mol. The van der Waals surface area contributed by atoms with Gasteiger partial charge in [0.15, 0.2) is 0 Å². The van der Waals surface area contributed by atoms with Crippen LogP contribution in [0.3, 0.4) is 0 Å². The summed E-state index contributed by atoms with van der Waals surface area (Å²) in [6, 6.07) is 15.4.